The summed E-state index contributed by atoms with van der Waals surface area (Å²) in [6.07, 6.45) is 1.02. The number of hydrogen-bond acceptors (Lipinski definition) is 2. The van der Waals surface area contributed by atoms with E-state index < -0.39 is 0 Å². The van der Waals surface area contributed by atoms with Crippen molar-refractivity contribution in [1.29, 1.82) is 0 Å². The molecule has 0 atom stereocenters. The largest absolute Gasteiger partial charge is 0.389 e. The molecule has 0 spiro atoms. The van der Waals surface area contributed by atoms with E-state index in [1.54, 1.807) is 12.1 Å². The molecule has 0 aliphatic carbocycles. The summed E-state index contributed by atoms with van der Waals surface area (Å²) in [5.41, 5.74) is 6.62. The molecular weight excluding hydrogens is 315 g/mol. The van der Waals surface area contributed by atoms with Crippen molar-refractivity contribution in [3.8, 4) is 0 Å². The van der Waals surface area contributed by atoms with Gasteiger partial charge in [-0.2, -0.15) is 0 Å². The molecule has 0 saturated carbocycles. The SMILES string of the molecule is CCC(C)(C)CNc1ccc(C(N)=S)c(Br)c1F. The van der Waals surface area contributed by atoms with E-state index in [2.05, 4.69) is 42.0 Å². The predicted molar refractivity (Wildman–Crippen MR) is 82.5 cm³/mol. The third-order valence-electron chi connectivity index (χ3n) is 3.06. The first kappa shape index (κ1) is 15.4. The molecular formula is C13H18BrFN2S. The van der Waals surface area contributed by atoms with E-state index in [0.29, 0.717) is 22.3 Å². The lowest BCUT2D eigenvalue weighted by atomic mass is 9.90. The second-order valence-electron chi connectivity index (χ2n) is 5.02. The van der Waals surface area contributed by atoms with Crippen molar-refractivity contribution in [1.82, 2.24) is 0 Å². The average molecular weight is 333 g/mol. The van der Waals surface area contributed by atoms with Crippen LogP contribution in [-0.4, -0.2) is 11.5 Å². The van der Waals surface area contributed by atoms with Gasteiger partial charge in [0.05, 0.1) is 10.2 Å². The molecule has 1 aromatic rings. The molecule has 0 amide bonds. The van der Waals surface area contributed by atoms with E-state index in [0.717, 1.165) is 6.42 Å². The molecule has 0 fully saturated rings. The lowest BCUT2D eigenvalue weighted by molar-refractivity contribution is 0.376. The van der Waals surface area contributed by atoms with Gasteiger partial charge in [0.25, 0.3) is 0 Å². The summed E-state index contributed by atoms with van der Waals surface area (Å²) >= 11 is 8.04. The molecule has 0 bridgehead atoms. The summed E-state index contributed by atoms with van der Waals surface area (Å²) < 4.78 is 14.4. The Balaban J connectivity index is 2.93. The van der Waals surface area contributed by atoms with Gasteiger partial charge in [-0.05, 0) is 39.9 Å². The van der Waals surface area contributed by atoms with Crippen LogP contribution >= 0.6 is 28.1 Å². The average Bonchev–Trinajstić information content (AvgIpc) is 2.30. The van der Waals surface area contributed by atoms with Gasteiger partial charge < -0.3 is 11.1 Å². The summed E-state index contributed by atoms with van der Waals surface area (Å²) in [4.78, 5) is 0.182. The van der Waals surface area contributed by atoms with Crippen molar-refractivity contribution < 1.29 is 4.39 Å². The predicted octanol–water partition coefficient (Wildman–Crippen LogP) is 4.07. The number of halogens is 2. The molecule has 0 heterocycles. The molecule has 0 aliphatic heterocycles. The van der Waals surface area contributed by atoms with Gasteiger partial charge in [-0.15, -0.1) is 0 Å². The van der Waals surface area contributed by atoms with Crippen LogP contribution in [0.15, 0.2) is 16.6 Å². The number of rotatable bonds is 5. The van der Waals surface area contributed by atoms with Crippen LogP contribution in [0.2, 0.25) is 0 Å². The Hall–Kier alpha value is -0.680. The molecule has 2 nitrogen and oxygen atoms in total. The topological polar surface area (TPSA) is 38.0 Å². The summed E-state index contributed by atoms with van der Waals surface area (Å²) in [5, 5.41) is 3.12. The summed E-state index contributed by atoms with van der Waals surface area (Å²) in [6.45, 7) is 7.09. The fourth-order valence-corrected chi connectivity index (χ4v) is 2.20. The van der Waals surface area contributed by atoms with Crippen LogP contribution in [0.1, 0.15) is 32.8 Å². The zero-order valence-corrected chi connectivity index (χ0v) is 13.2. The molecule has 0 aliphatic rings. The third kappa shape index (κ3) is 3.65. The minimum atomic E-state index is -0.354. The number of nitrogens with two attached hydrogens (primary N) is 1. The van der Waals surface area contributed by atoms with Crippen molar-refractivity contribution in [2.45, 2.75) is 27.2 Å². The van der Waals surface area contributed by atoms with Crippen LogP contribution < -0.4 is 11.1 Å². The second-order valence-corrected chi connectivity index (χ2v) is 6.26. The fourth-order valence-electron chi connectivity index (χ4n) is 1.34. The first-order valence-electron chi connectivity index (χ1n) is 5.80. The van der Waals surface area contributed by atoms with Gasteiger partial charge in [0.2, 0.25) is 0 Å². The smallest absolute Gasteiger partial charge is 0.161 e. The standard InChI is InChI=1S/C13H18BrFN2S/c1-4-13(2,3)7-17-9-6-5-8(12(16)18)10(14)11(9)15/h5-6,17H,4,7H2,1-3H3,(H2,16,18). The van der Waals surface area contributed by atoms with Gasteiger partial charge >= 0.3 is 0 Å². The first-order chi connectivity index (χ1) is 8.28. The number of hydrogen-bond donors (Lipinski definition) is 2. The third-order valence-corrected chi connectivity index (χ3v) is 4.06. The first-order valence-corrected chi connectivity index (χ1v) is 7.00. The normalized spacial score (nSPS) is 11.4. The maximum absolute atomic E-state index is 14.1. The maximum atomic E-state index is 14.1. The highest BCUT2D eigenvalue weighted by molar-refractivity contribution is 9.10. The van der Waals surface area contributed by atoms with Gasteiger partial charge in [0.1, 0.15) is 4.99 Å². The van der Waals surface area contributed by atoms with E-state index in [1.165, 1.54) is 0 Å². The van der Waals surface area contributed by atoms with Crippen LogP contribution in [-0.2, 0) is 0 Å². The molecule has 3 N–H and O–H groups in total. The molecule has 0 radical (unpaired) electrons. The number of nitrogens with one attached hydrogen (secondary N) is 1. The van der Waals surface area contributed by atoms with E-state index >= 15 is 0 Å². The lowest BCUT2D eigenvalue weighted by Gasteiger charge is -2.24. The molecule has 0 saturated heterocycles. The van der Waals surface area contributed by atoms with Crippen molar-refractivity contribution in [3.63, 3.8) is 0 Å². The van der Waals surface area contributed by atoms with Crippen LogP contribution in [0, 0.1) is 11.2 Å². The van der Waals surface area contributed by atoms with Gasteiger partial charge in [-0.25, -0.2) is 4.39 Å². The van der Waals surface area contributed by atoms with E-state index in [9.17, 15) is 4.39 Å². The van der Waals surface area contributed by atoms with E-state index in [4.69, 9.17) is 18.0 Å². The summed E-state index contributed by atoms with van der Waals surface area (Å²) in [5.74, 6) is -0.354. The number of anilines is 1. The van der Waals surface area contributed by atoms with E-state index in [-0.39, 0.29) is 16.2 Å². The molecule has 0 aromatic heterocycles. The lowest BCUT2D eigenvalue weighted by Crippen LogP contribution is -2.22. The van der Waals surface area contributed by atoms with Crippen LogP contribution in [0.25, 0.3) is 0 Å². The monoisotopic (exact) mass is 332 g/mol. The van der Waals surface area contributed by atoms with Crippen molar-refractivity contribution in [3.05, 3.63) is 28.0 Å². The Bertz CT molecular complexity index is 461. The second kappa shape index (κ2) is 5.97. The zero-order chi connectivity index (χ0) is 13.9. The Morgan fingerprint density at radius 1 is 1.50 bits per heavy atom. The Kier molecular flexibility index (Phi) is 5.10. The van der Waals surface area contributed by atoms with Crippen LogP contribution in [0.3, 0.4) is 0 Å². The molecule has 100 valence electrons. The minimum absolute atomic E-state index is 0.126. The summed E-state index contributed by atoms with van der Waals surface area (Å²) in [7, 11) is 0. The highest BCUT2D eigenvalue weighted by atomic mass is 79.9. The molecule has 1 rings (SSSR count). The quantitative estimate of drug-likeness (QED) is 0.798. The van der Waals surface area contributed by atoms with Crippen LogP contribution in [0.4, 0.5) is 10.1 Å². The maximum Gasteiger partial charge on any atom is 0.161 e. The summed E-state index contributed by atoms with van der Waals surface area (Å²) in [6, 6.07) is 3.39. The van der Waals surface area contributed by atoms with Gasteiger partial charge in [-0.1, -0.05) is 33.0 Å². The number of thiocarbonyl (C=S) groups is 1. The van der Waals surface area contributed by atoms with Gasteiger partial charge in [0.15, 0.2) is 5.82 Å². The highest BCUT2D eigenvalue weighted by Crippen LogP contribution is 2.28. The molecule has 18 heavy (non-hydrogen) atoms. The van der Waals surface area contributed by atoms with Crippen LogP contribution in [0.5, 0.6) is 0 Å². The molecule has 0 unspecified atom stereocenters. The van der Waals surface area contributed by atoms with Crippen molar-refractivity contribution in [2.75, 3.05) is 11.9 Å². The highest BCUT2D eigenvalue weighted by Gasteiger charge is 2.17. The molecule has 1 aromatic carbocycles. The molecule has 5 heteroatoms. The Labute approximate surface area is 121 Å². The van der Waals surface area contributed by atoms with Gasteiger partial charge in [0, 0.05) is 12.1 Å². The van der Waals surface area contributed by atoms with Crippen molar-refractivity contribution >= 4 is 38.8 Å². The number of benzene rings is 1. The fraction of sp³-hybridized carbons (Fsp3) is 0.462. The zero-order valence-electron chi connectivity index (χ0n) is 10.8. The Morgan fingerprint density at radius 3 is 2.61 bits per heavy atom. The van der Waals surface area contributed by atoms with Gasteiger partial charge in [-0.3, -0.25) is 0 Å². The minimum Gasteiger partial charge on any atom is -0.389 e. The van der Waals surface area contributed by atoms with E-state index in [1.807, 2.05) is 0 Å². The van der Waals surface area contributed by atoms with Crippen molar-refractivity contribution in [2.24, 2.45) is 11.1 Å². The Morgan fingerprint density at radius 2 is 2.11 bits per heavy atom.